The maximum absolute atomic E-state index is 12.6. The molecular formula is C14H21N3O4S. The number of benzene rings is 1. The lowest BCUT2D eigenvalue weighted by atomic mass is 9.94. The number of hydrogen-bond donors (Lipinski definition) is 2. The summed E-state index contributed by atoms with van der Waals surface area (Å²) in [6.07, 6.45) is 1.94. The molecule has 1 fully saturated rings. The van der Waals surface area contributed by atoms with Crippen LogP contribution in [0, 0.1) is 23.0 Å². The summed E-state index contributed by atoms with van der Waals surface area (Å²) in [7, 11) is -3.93. The summed E-state index contributed by atoms with van der Waals surface area (Å²) in [5.74, 6) is 0.187. The predicted octanol–water partition coefficient (Wildman–Crippen LogP) is 1.57. The normalized spacial score (nSPS) is 20.5. The Labute approximate surface area is 130 Å². The van der Waals surface area contributed by atoms with Crippen molar-refractivity contribution in [2.75, 3.05) is 13.1 Å². The van der Waals surface area contributed by atoms with Crippen LogP contribution in [0.1, 0.15) is 25.3 Å². The minimum atomic E-state index is -3.93. The molecule has 7 nitrogen and oxygen atoms in total. The highest BCUT2D eigenvalue weighted by atomic mass is 32.2. The number of nitrogens with zero attached hydrogens (tertiary/aromatic N) is 1. The van der Waals surface area contributed by atoms with Crippen LogP contribution in [-0.2, 0) is 10.0 Å². The van der Waals surface area contributed by atoms with Crippen LogP contribution in [0.15, 0.2) is 23.1 Å². The van der Waals surface area contributed by atoms with Gasteiger partial charge in [-0.15, -0.1) is 0 Å². The van der Waals surface area contributed by atoms with E-state index in [9.17, 15) is 18.5 Å². The van der Waals surface area contributed by atoms with Crippen LogP contribution in [0.4, 0.5) is 5.69 Å². The van der Waals surface area contributed by atoms with Gasteiger partial charge in [-0.05, 0) is 51.3 Å². The maximum atomic E-state index is 12.6. The summed E-state index contributed by atoms with van der Waals surface area (Å²) < 4.78 is 27.8. The molecule has 2 rings (SSSR count). The smallest absolute Gasteiger partial charge is 0.289 e. The zero-order valence-corrected chi connectivity index (χ0v) is 13.5. The molecule has 2 atom stereocenters. The zero-order chi connectivity index (χ0) is 16.3. The van der Waals surface area contributed by atoms with Crippen LogP contribution in [0.25, 0.3) is 0 Å². The molecule has 1 saturated heterocycles. The van der Waals surface area contributed by atoms with Crippen LogP contribution in [-0.4, -0.2) is 32.5 Å². The van der Waals surface area contributed by atoms with E-state index in [1.807, 2.05) is 0 Å². The van der Waals surface area contributed by atoms with Crippen molar-refractivity contribution in [2.24, 2.45) is 5.92 Å². The second kappa shape index (κ2) is 6.72. The van der Waals surface area contributed by atoms with Crippen LogP contribution < -0.4 is 10.0 Å². The van der Waals surface area contributed by atoms with Crippen molar-refractivity contribution >= 4 is 15.7 Å². The molecule has 1 aromatic carbocycles. The fourth-order valence-electron chi connectivity index (χ4n) is 2.84. The molecule has 0 amide bonds. The maximum Gasteiger partial charge on any atom is 0.289 e. The number of aryl methyl sites for hydroxylation is 1. The lowest BCUT2D eigenvalue weighted by Crippen LogP contribution is -2.44. The van der Waals surface area contributed by atoms with E-state index >= 15 is 0 Å². The Morgan fingerprint density at radius 3 is 2.77 bits per heavy atom. The van der Waals surface area contributed by atoms with Crippen molar-refractivity contribution in [2.45, 2.75) is 37.6 Å². The Morgan fingerprint density at radius 2 is 2.18 bits per heavy atom. The molecule has 22 heavy (non-hydrogen) atoms. The Kier molecular flexibility index (Phi) is 5.15. The quantitative estimate of drug-likeness (QED) is 0.631. The largest absolute Gasteiger partial charge is 0.316 e. The number of rotatable bonds is 5. The topological polar surface area (TPSA) is 101 Å². The summed E-state index contributed by atoms with van der Waals surface area (Å²) in [6.45, 7) is 5.06. The highest BCUT2D eigenvalue weighted by Gasteiger charge is 2.31. The first-order chi connectivity index (χ1) is 10.3. The van der Waals surface area contributed by atoms with Crippen LogP contribution >= 0.6 is 0 Å². The van der Waals surface area contributed by atoms with E-state index in [4.69, 9.17) is 0 Å². The van der Waals surface area contributed by atoms with Gasteiger partial charge in [0.15, 0.2) is 4.90 Å². The minimum absolute atomic E-state index is 0.187. The number of nitro benzene ring substituents is 1. The third-order valence-electron chi connectivity index (χ3n) is 4.04. The summed E-state index contributed by atoms with van der Waals surface area (Å²) in [4.78, 5) is 10.2. The van der Waals surface area contributed by atoms with Gasteiger partial charge in [0.2, 0.25) is 10.0 Å². The summed E-state index contributed by atoms with van der Waals surface area (Å²) in [5.41, 5.74) is -0.0165. The van der Waals surface area contributed by atoms with E-state index in [1.54, 1.807) is 19.9 Å². The molecule has 1 aromatic rings. The van der Waals surface area contributed by atoms with Crippen LogP contribution in [0.5, 0.6) is 0 Å². The fourth-order valence-corrected chi connectivity index (χ4v) is 4.55. The van der Waals surface area contributed by atoms with E-state index in [2.05, 4.69) is 10.0 Å². The number of nitro groups is 1. The van der Waals surface area contributed by atoms with Crippen LogP contribution in [0.3, 0.4) is 0 Å². The summed E-state index contributed by atoms with van der Waals surface area (Å²) in [6, 6.07) is 3.99. The van der Waals surface area contributed by atoms with Crippen molar-refractivity contribution in [3.63, 3.8) is 0 Å². The Morgan fingerprint density at radius 1 is 1.45 bits per heavy atom. The monoisotopic (exact) mass is 327 g/mol. The molecule has 8 heteroatoms. The van der Waals surface area contributed by atoms with E-state index in [0.29, 0.717) is 5.56 Å². The standard InChI is InChI=1S/C14H21N3O4S/c1-10-5-3-7-13(17(18)19)14(10)22(20,21)16-11(2)12-6-4-8-15-9-12/h3,5,7,11-12,15-16H,4,6,8-9H2,1-2H3. The average Bonchev–Trinajstić information content (AvgIpc) is 2.47. The first-order valence-electron chi connectivity index (χ1n) is 7.30. The second-order valence-electron chi connectivity index (χ2n) is 5.70. The molecular weight excluding hydrogens is 306 g/mol. The molecule has 1 heterocycles. The lowest BCUT2D eigenvalue weighted by molar-refractivity contribution is -0.387. The molecule has 0 radical (unpaired) electrons. The molecule has 0 aliphatic carbocycles. The van der Waals surface area contributed by atoms with Crippen molar-refractivity contribution in [3.05, 3.63) is 33.9 Å². The molecule has 2 unspecified atom stereocenters. The molecule has 0 saturated carbocycles. The first-order valence-corrected chi connectivity index (χ1v) is 8.78. The lowest BCUT2D eigenvalue weighted by Gasteiger charge is -2.28. The second-order valence-corrected chi connectivity index (χ2v) is 7.35. The predicted molar refractivity (Wildman–Crippen MR) is 83.2 cm³/mol. The fraction of sp³-hybridized carbons (Fsp3) is 0.571. The number of sulfonamides is 1. The van der Waals surface area contributed by atoms with Crippen molar-refractivity contribution < 1.29 is 13.3 Å². The van der Waals surface area contributed by atoms with Gasteiger partial charge in [0, 0.05) is 12.1 Å². The SMILES string of the molecule is Cc1cccc([N+](=O)[O-])c1S(=O)(=O)NC(C)C1CCCNC1. The van der Waals surface area contributed by atoms with E-state index in [-0.39, 0.29) is 22.5 Å². The van der Waals surface area contributed by atoms with Gasteiger partial charge in [0.05, 0.1) is 4.92 Å². The minimum Gasteiger partial charge on any atom is -0.316 e. The van der Waals surface area contributed by atoms with E-state index in [1.165, 1.54) is 12.1 Å². The van der Waals surface area contributed by atoms with Crippen molar-refractivity contribution in [1.29, 1.82) is 0 Å². The Hall–Kier alpha value is -1.51. The summed E-state index contributed by atoms with van der Waals surface area (Å²) >= 11 is 0. The van der Waals surface area contributed by atoms with Crippen molar-refractivity contribution in [3.8, 4) is 0 Å². The third kappa shape index (κ3) is 3.63. The van der Waals surface area contributed by atoms with E-state index < -0.39 is 14.9 Å². The Balaban J connectivity index is 2.29. The molecule has 1 aliphatic heterocycles. The molecule has 2 N–H and O–H groups in total. The van der Waals surface area contributed by atoms with Gasteiger partial charge in [0.1, 0.15) is 0 Å². The number of piperidine rings is 1. The van der Waals surface area contributed by atoms with Crippen LogP contribution in [0.2, 0.25) is 0 Å². The van der Waals surface area contributed by atoms with E-state index in [0.717, 1.165) is 25.9 Å². The van der Waals surface area contributed by atoms with Gasteiger partial charge in [-0.25, -0.2) is 13.1 Å². The number of hydrogen-bond acceptors (Lipinski definition) is 5. The summed E-state index contributed by atoms with van der Waals surface area (Å²) in [5, 5.41) is 14.4. The molecule has 0 aromatic heterocycles. The van der Waals surface area contributed by atoms with Gasteiger partial charge in [-0.3, -0.25) is 10.1 Å². The highest BCUT2D eigenvalue weighted by Crippen LogP contribution is 2.27. The van der Waals surface area contributed by atoms with Gasteiger partial charge >= 0.3 is 0 Å². The first kappa shape index (κ1) is 16.9. The highest BCUT2D eigenvalue weighted by molar-refractivity contribution is 7.89. The molecule has 1 aliphatic rings. The Bertz CT molecular complexity index is 654. The van der Waals surface area contributed by atoms with Gasteiger partial charge < -0.3 is 5.32 Å². The number of nitrogens with one attached hydrogen (secondary N) is 2. The van der Waals surface area contributed by atoms with Crippen molar-refractivity contribution in [1.82, 2.24) is 10.0 Å². The molecule has 0 bridgehead atoms. The zero-order valence-electron chi connectivity index (χ0n) is 12.7. The van der Waals surface area contributed by atoms with Gasteiger partial charge in [-0.1, -0.05) is 12.1 Å². The molecule has 0 spiro atoms. The average molecular weight is 327 g/mol. The third-order valence-corrected chi connectivity index (χ3v) is 5.79. The van der Waals surface area contributed by atoms with Gasteiger partial charge in [-0.2, -0.15) is 0 Å². The van der Waals surface area contributed by atoms with Gasteiger partial charge in [0.25, 0.3) is 5.69 Å². The molecule has 122 valence electrons.